The van der Waals surface area contributed by atoms with Gasteiger partial charge in [-0.25, -0.2) is 13.1 Å². The Morgan fingerprint density at radius 2 is 1.69 bits per heavy atom. The lowest BCUT2D eigenvalue weighted by Gasteiger charge is -2.18. The standard InChI is InChI=1S/C23H26N4O7S/c1-31-18-9-7-16(13-17(18)23(28)27-10-4-5-11-27)35(29,30)24-14-21-25-22(26-34-21)15-6-8-19(32-2)20(12-15)33-3/h6-9,12-13,24H,4-5,10-11,14H2,1-3H3. The third-order valence-electron chi connectivity index (χ3n) is 5.63. The Kier molecular flexibility index (Phi) is 7.22. The Hall–Kier alpha value is -3.64. The molecule has 2 heterocycles. The highest BCUT2D eigenvalue weighted by atomic mass is 32.2. The zero-order chi connectivity index (χ0) is 25.0. The van der Waals surface area contributed by atoms with Crippen LogP contribution in [0.15, 0.2) is 45.8 Å². The molecule has 2 aromatic carbocycles. The SMILES string of the molecule is COc1ccc(-c2noc(CNS(=O)(=O)c3ccc(OC)c(C(=O)N4CCCC4)c3)n2)cc1OC. The van der Waals surface area contributed by atoms with Crippen LogP contribution in [0.2, 0.25) is 0 Å². The Labute approximate surface area is 203 Å². The Morgan fingerprint density at radius 1 is 1.00 bits per heavy atom. The second-order valence-corrected chi connectivity index (χ2v) is 9.53. The molecule has 1 amide bonds. The molecular weight excluding hydrogens is 476 g/mol. The van der Waals surface area contributed by atoms with Crippen LogP contribution in [0, 0.1) is 0 Å². The molecule has 0 bridgehead atoms. The number of nitrogens with one attached hydrogen (secondary N) is 1. The summed E-state index contributed by atoms with van der Waals surface area (Å²) >= 11 is 0. The fourth-order valence-electron chi connectivity index (χ4n) is 3.77. The van der Waals surface area contributed by atoms with E-state index >= 15 is 0 Å². The first kappa shape index (κ1) is 24.5. The molecule has 1 saturated heterocycles. The molecule has 3 aromatic rings. The number of benzene rings is 2. The Bertz CT molecular complexity index is 1320. The number of aromatic nitrogens is 2. The van der Waals surface area contributed by atoms with Crippen molar-refractivity contribution in [3.8, 4) is 28.6 Å². The van der Waals surface area contributed by atoms with Gasteiger partial charge >= 0.3 is 0 Å². The summed E-state index contributed by atoms with van der Waals surface area (Å²) in [6, 6.07) is 9.30. The molecule has 1 aliphatic rings. The third kappa shape index (κ3) is 5.23. The van der Waals surface area contributed by atoms with Gasteiger partial charge < -0.3 is 23.6 Å². The maximum Gasteiger partial charge on any atom is 0.257 e. The number of ether oxygens (including phenoxy) is 3. The van der Waals surface area contributed by atoms with Gasteiger partial charge in [0.15, 0.2) is 11.5 Å². The zero-order valence-electron chi connectivity index (χ0n) is 19.6. The van der Waals surface area contributed by atoms with Crippen LogP contribution in [0.1, 0.15) is 29.1 Å². The molecule has 0 unspecified atom stereocenters. The lowest BCUT2D eigenvalue weighted by atomic mass is 10.1. The Balaban J connectivity index is 1.50. The van der Waals surface area contributed by atoms with Crippen molar-refractivity contribution in [2.45, 2.75) is 24.3 Å². The Morgan fingerprint density at radius 3 is 2.37 bits per heavy atom. The maximum absolute atomic E-state index is 12.9. The third-order valence-corrected chi connectivity index (χ3v) is 7.03. The minimum Gasteiger partial charge on any atom is -0.496 e. The molecule has 35 heavy (non-hydrogen) atoms. The van der Waals surface area contributed by atoms with Crippen LogP contribution in [0.4, 0.5) is 0 Å². The molecule has 12 heteroatoms. The van der Waals surface area contributed by atoms with Gasteiger partial charge in [0.2, 0.25) is 21.7 Å². The molecule has 186 valence electrons. The first-order chi connectivity index (χ1) is 16.9. The first-order valence-corrected chi connectivity index (χ1v) is 12.4. The average Bonchev–Trinajstić information content (AvgIpc) is 3.59. The van der Waals surface area contributed by atoms with Crippen LogP contribution in [0.3, 0.4) is 0 Å². The number of carbonyl (C=O) groups is 1. The molecule has 11 nitrogen and oxygen atoms in total. The van der Waals surface area contributed by atoms with Crippen molar-refractivity contribution >= 4 is 15.9 Å². The summed E-state index contributed by atoms with van der Waals surface area (Å²) in [4.78, 5) is 18.8. The lowest BCUT2D eigenvalue weighted by Crippen LogP contribution is -2.29. The molecule has 1 N–H and O–H groups in total. The number of hydrogen-bond donors (Lipinski definition) is 1. The van der Waals surface area contributed by atoms with Crippen LogP contribution >= 0.6 is 0 Å². The van der Waals surface area contributed by atoms with E-state index in [2.05, 4.69) is 14.9 Å². The summed E-state index contributed by atoms with van der Waals surface area (Å²) in [6.07, 6.45) is 1.84. The number of sulfonamides is 1. The van der Waals surface area contributed by atoms with E-state index in [1.807, 2.05) is 0 Å². The first-order valence-electron chi connectivity index (χ1n) is 10.9. The van der Waals surface area contributed by atoms with E-state index in [1.165, 1.54) is 39.5 Å². The normalized spacial score (nSPS) is 13.6. The number of carbonyl (C=O) groups excluding carboxylic acids is 1. The molecular formula is C23H26N4O7S. The highest BCUT2D eigenvalue weighted by molar-refractivity contribution is 7.89. The van der Waals surface area contributed by atoms with E-state index in [4.69, 9.17) is 18.7 Å². The monoisotopic (exact) mass is 502 g/mol. The number of hydrogen-bond acceptors (Lipinski definition) is 9. The van der Waals surface area contributed by atoms with Crippen molar-refractivity contribution < 1.29 is 31.9 Å². The van der Waals surface area contributed by atoms with Gasteiger partial charge in [0.05, 0.1) is 38.3 Å². The van der Waals surface area contributed by atoms with E-state index in [0.29, 0.717) is 35.9 Å². The van der Waals surface area contributed by atoms with Gasteiger partial charge in [-0.15, -0.1) is 0 Å². The van der Waals surface area contributed by atoms with Gasteiger partial charge in [-0.1, -0.05) is 5.16 Å². The summed E-state index contributed by atoms with van der Waals surface area (Å²) in [6.45, 7) is 1.04. The number of rotatable bonds is 9. The van der Waals surface area contributed by atoms with Crippen LogP contribution in [0.5, 0.6) is 17.2 Å². The summed E-state index contributed by atoms with van der Waals surface area (Å²) in [5.74, 6) is 1.44. The second-order valence-electron chi connectivity index (χ2n) is 7.77. The van der Waals surface area contributed by atoms with Crippen molar-refractivity contribution in [2.75, 3.05) is 34.4 Å². The second kappa shape index (κ2) is 10.3. The molecule has 4 rings (SSSR count). The fraction of sp³-hybridized carbons (Fsp3) is 0.348. The topological polar surface area (TPSA) is 133 Å². The van der Waals surface area contributed by atoms with Crippen molar-refractivity contribution in [1.82, 2.24) is 19.8 Å². The van der Waals surface area contributed by atoms with E-state index in [0.717, 1.165) is 12.8 Å². The summed E-state index contributed by atoms with van der Waals surface area (Å²) in [5.41, 5.74) is 0.812. The van der Waals surface area contributed by atoms with Crippen LogP contribution in [-0.4, -0.2) is 63.8 Å². The van der Waals surface area contributed by atoms with Crippen LogP contribution in [0.25, 0.3) is 11.4 Å². The summed E-state index contributed by atoms with van der Waals surface area (Å²) < 4.78 is 49.3. The predicted molar refractivity (Wildman–Crippen MR) is 125 cm³/mol. The largest absolute Gasteiger partial charge is 0.496 e. The number of amides is 1. The molecule has 1 aromatic heterocycles. The molecule has 1 aliphatic heterocycles. The molecule has 0 spiro atoms. The van der Waals surface area contributed by atoms with Crippen LogP contribution < -0.4 is 18.9 Å². The minimum atomic E-state index is -3.98. The number of likely N-dealkylation sites (tertiary alicyclic amines) is 1. The van der Waals surface area contributed by atoms with Crippen molar-refractivity contribution in [2.24, 2.45) is 0 Å². The minimum absolute atomic E-state index is 0.0690. The van der Waals surface area contributed by atoms with Crippen LogP contribution in [-0.2, 0) is 16.6 Å². The maximum atomic E-state index is 12.9. The molecule has 1 fully saturated rings. The predicted octanol–water partition coefficient (Wildman–Crippen LogP) is 2.48. The fourth-order valence-corrected chi connectivity index (χ4v) is 4.77. The molecule has 0 atom stereocenters. The highest BCUT2D eigenvalue weighted by Gasteiger charge is 2.25. The number of nitrogens with zero attached hydrogens (tertiary/aromatic N) is 3. The van der Waals surface area contributed by atoms with Gasteiger partial charge in [-0.2, -0.15) is 4.98 Å². The van der Waals surface area contributed by atoms with Crippen molar-refractivity contribution in [3.05, 3.63) is 47.9 Å². The van der Waals surface area contributed by atoms with E-state index in [1.54, 1.807) is 23.1 Å². The van der Waals surface area contributed by atoms with Gasteiger partial charge in [0.1, 0.15) is 5.75 Å². The van der Waals surface area contributed by atoms with Crippen molar-refractivity contribution in [1.29, 1.82) is 0 Å². The van der Waals surface area contributed by atoms with Crippen molar-refractivity contribution in [3.63, 3.8) is 0 Å². The lowest BCUT2D eigenvalue weighted by molar-refractivity contribution is 0.0789. The van der Waals surface area contributed by atoms with Gasteiger partial charge in [0.25, 0.3) is 5.91 Å². The number of methoxy groups -OCH3 is 3. The van der Waals surface area contributed by atoms with Gasteiger partial charge in [-0.05, 0) is 49.2 Å². The zero-order valence-corrected chi connectivity index (χ0v) is 20.4. The quantitative estimate of drug-likeness (QED) is 0.468. The van der Waals surface area contributed by atoms with E-state index in [-0.39, 0.29) is 34.6 Å². The van der Waals surface area contributed by atoms with E-state index in [9.17, 15) is 13.2 Å². The average molecular weight is 503 g/mol. The van der Waals surface area contributed by atoms with E-state index < -0.39 is 10.0 Å². The molecule has 0 aliphatic carbocycles. The molecule has 0 radical (unpaired) electrons. The molecule has 0 saturated carbocycles. The summed E-state index contributed by atoms with van der Waals surface area (Å²) in [5, 5.41) is 3.91. The van der Waals surface area contributed by atoms with Gasteiger partial charge in [0, 0.05) is 18.7 Å². The smallest absolute Gasteiger partial charge is 0.257 e. The van der Waals surface area contributed by atoms with Gasteiger partial charge in [-0.3, -0.25) is 4.79 Å². The highest BCUT2D eigenvalue weighted by Crippen LogP contribution is 2.31. The summed E-state index contributed by atoms with van der Waals surface area (Å²) in [7, 11) is 0.507.